The molecule has 0 bridgehead atoms. The summed E-state index contributed by atoms with van der Waals surface area (Å²) < 4.78 is 5.42. The van der Waals surface area contributed by atoms with Crippen LogP contribution in [0.2, 0.25) is 0 Å². The predicted octanol–water partition coefficient (Wildman–Crippen LogP) is 2.10. The first-order valence-electron chi connectivity index (χ1n) is 6.03. The van der Waals surface area contributed by atoms with Gasteiger partial charge in [0, 0.05) is 6.04 Å². The van der Waals surface area contributed by atoms with Crippen LogP contribution < -0.4 is 5.32 Å². The number of aromatic nitrogens is 2. The molecule has 2 aliphatic heterocycles. The van der Waals surface area contributed by atoms with Gasteiger partial charge in [0.25, 0.3) is 0 Å². The Labute approximate surface area is 99.6 Å². The van der Waals surface area contributed by atoms with E-state index in [9.17, 15) is 0 Å². The van der Waals surface area contributed by atoms with Crippen molar-refractivity contribution < 1.29 is 4.52 Å². The Morgan fingerprint density at radius 3 is 3.06 bits per heavy atom. The Morgan fingerprint density at radius 2 is 2.38 bits per heavy atom. The molecule has 3 unspecified atom stereocenters. The maximum atomic E-state index is 5.42. The molecule has 0 aliphatic carbocycles. The normalized spacial score (nSPS) is 34.7. The van der Waals surface area contributed by atoms with Gasteiger partial charge in [-0.05, 0) is 38.5 Å². The molecule has 3 atom stereocenters. The highest BCUT2D eigenvalue weighted by Crippen LogP contribution is 2.39. The van der Waals surface area contributed by atoms with E-state index in [1.165, 1.54) is 18.6 Å². The summed E-state index contributed by atoms with van der Waals surface area (Å²) in [5.74, 6) is 3.39. The van der Waals surface area contributed by atoms with Gasteiger partial charge in [0.15, 0.2) is 5.82 Å². The maximum absolute atomic E-state index is 5.42. The van der Waals surface area contributed by atoms with E-state index in [0.29, 0.717) is 17.2 Å². The fourth-order valence-electron chi connectivity index (χ4n) is 2.51. The van der Waals surface area contributed by atoms with Gasteiger partial charge in [-0.3, -0.25) is 0 Å². The zero-order chi connectivity index (χ0) is 11.0. The highest BCUT2D eigenvalue weighted by atomic mass is 32.2. The molecule has 0 aromatic carbocycles. The first-order valence-corrected chi connectivity index (χ1v) is 7.08. The summed E-state index contributed by atoms with van der Waals surface area (Å²) in [5, 5.41) is 8.03. The second kappa shape index (κ2) is 4.37. The summed E-state index contributed by atoms with van der Waals surface area (Å²) in [7, 11) is 0. The second-order valence-electron chi connectivity index (χ2n) is 4.63. The largest absolute Gasteiger partial charge is 0.339 e. The minimum absolute atomic E-state index is 0.410. The third-order valence-electron chi connectivity index (χ3n) is 3.52. The van der Waals surface area contributed by atoms with Crippen LogP contribution >= 0.6 is 11.8 Å². The first kappa shape index (κ1) is 10.6. The molecule has 1 aromatic rings. The van der Waals surface area contributed by atoms with Crippen molar-refractivity contribution in [3.63, 3.8) is 0 Å². The van der Waals surface area contributed by atoms with Crippen molar-refractivity contribution >= 4 is 11.8 Å². The Kier molecular flexibility index (Phi) is 2.90. The van der Waals surface area contributed by atoms with E-state index in [1.807, 2.05) is 11.8 Å². The van der Waals surface area contributed by atoms with Gasteiger partial charge in [0.05, 0.1) is 11.2 Å². The molecule has 2 aliphatic rings. The van der Waals surface area contributed by atoms with Gasteiger partial charge in [-0.1, -0.05) is 5.16 Å². The summed E-state index contributed by atoms with van der Waals surface area (Å²) in [6.07, 6.45) is 3.59. The van der Waals surface area contributed by atoms with Crippen LogP contribution in [0, 0.1) is 0 Å². The fraction of sp³-hybridized carbons (Fsp3) is 0.818. The molecular formula is C11H17N3OS. The second-order valence-corrected chi connectivity index (χ2v) is 5.94. The molecule has 3 rings (SSSR count). The van der Waals surface area contributed by atoms with Crippen molar-refractivity contribution in [1.29, 1.82) is 0 Å². The maximum Gasteiger partial charge on any atom is 0.231 e. The van der Waals surface area contributed by atoms with Crippen LogP contribution in [0.3, 0.4) is 0 Å². The number of hydrogen-bond donors (Lipinski definition) is 1. The third kappa shape index (κ3) is 1.86. The quantitative estimate of drug-likeness (QED) is 0.856. The molecule has 4 nitrogen and oxygen atoms in total. The summed E-state index contributed by atoms with van der Waals surface area (Å²) >= 11 is 1.95. The minimum atomic E-state index is 0.410. The number of thioether (sulfide) groups is 1. The molecule has 0 saturated carbocycles. The molecule has 88 valence electrons. The van der Waals surface area contributed by atoms with Gasteiger partial charge in [-0.2, -0.15) is 16.7 Å². The highest BCUT2D eigenvalue weighted by Gasteiger charge is 2.31. The van der Waals surface area contributed by atoms with Crippen LogP contribution in [-0.4, -0.2) is 28.5 Å². The fourth-order valence-corrected chi connectivity index (χ4v) is 3.70. The highest BCUT2D eigenvalue weighted by molar-refractivity contribution is 7.99. The molecule has 2 fully saturated rings. The molecule has 5 heteroatoms. The predicted molar refractivity (Wildman–Crippen MR) is 63.6 cm³/mol. The average Bonchev–Trinajstić information content (AvgIpc) is 2.96. The van der Waals surface area contributed by atoms with Crippen molar-refractivity contribution in [3.05, 3.63) is 11.7 Å². The SMILES string of the molecule is CC1NCCC1c1nc(C2CCCS2)no1. The van der Waals surface area contributed by atoms with Crippen LogP contribution in [0.1, 0.15) is 49.1 Å². The lowest BCUT2D eigenvalue weighted by atomic mass is 10.0. The van der Waals surface area contributed by atoms with Gasteiger partial charge >= 0.3 is 0 Å². The van der Waals surface area contributed by atoms with E-state index in [2.05, 4.69) is 22.4 Å². The molecule has 0 radical (unpaired) electrons. The van der Waals surface area contributed by atoms with Gasteiger partial charge in [0.1, 0.15) is 0 Å². The van der Waals surface area contributed by atoms with E-state index in [0.717, 1.165) is 24.7 Å². The Bertz CT molecular complexity index is 362. The number of nitrogens with one attached hydrogen (secondary N) is 1. The van der Waals surface area contributed by atoms with Gasteiger partial charge in [-0.15, -0.1) is 0 Å². The molecule has 16 heavy (non-hydrogen) atoms. The molecule has 0 amide bonds. The summed E-state index contributed by atoms with van der Waals surface area (Å²) in [6.45, 7) is 3.24. The monoisotopic (exact) mass is 239 g/mol. The molecule has 1 N–H and O–H groups in total. The molecule has 3 heterocycles. The van der Waals surface area contributed by atoms with Crippen LogP contribution in [0.15, 0.2) is 4.52 Å². The van der Waals surface area contributed by atoms with E-state index in [-0.39, 0.29) is 0 Å². The number of hydrogen-bond acceptors (Lipinski definition) is 5. The average molecular weight is 239 g/mol. The van der Waals surface area contributed by atoms with Crippen LogP contribution in [0.25, 0.3) is 0 Å². The van der Waals surface area contributed by atoms with Crippen molar-refractivity contribution in [2.75, 3.05) is 12.3 Å². The van der Waals surface area contributed by atoms with Gasteiger partial charge in [0.2, 0.25) is 5.89 Å². The van der Waals surface area contributed by atoms with Crippen LogP contribution in [0.5, 0.6) is 0 Å². The number of rotatable bonds is 2. The van der Waals surface area contributed by atoms with Crippen LogP contribution in [-0.2, 0) is 0 Å². The summed E-state index contributed by atoms with van der Waals surface area (Å²) in [6, 6.07) is 0.463. The van der Waals surface area contributed by atoms with Crippen molar-refractivity contribution in [1.82, 2.24) is 15.5 Å². The van der Waals surface area contributed by atoms with E-state index in [1.54, 1.807) is 0 Å². The van der Waals surface area contributed by atoms with E-state index < -0.39 is 0 Å². The van der Waals surface area contributed by atoms with Gasteiger partial charge < -0.3 is 9.84 Å². The topological polar surface area (TPSA) is 51.0 Å². The molecule has 1 aromatic heterocycles. The molecule has 2 saturated heterocycles. The lowest BCUT2D eigenvalue weighted by molar-refractivity contribution is 0.341. The summed E-state index contributed by atoms with van der Waals surface area (Å²) in [5.41, 5.74) is 0. The molecular weight excluding hydrogens is 222 g/mol. The molecule has 0 spiro atoms. The third-order valence-corrected chi connectivity index (χ3v) is 4.89. The Hall–Kier alpha value is -0.550. The van der Waals surface area contributed by atoms with Gasteiger partial charge in [-0.25, -0.2) is 0 Å². The Morgan fingerprint density at radius 1 is 1.44 bits per heavy atom. The van der Waals surface area contributed by atoms with Crippen LogP contribution in [0.4, 0.5) is 0 Å². The lowest BCUT2D eigenvalue weighted by Crippen LogP contribution is -2.21. The smallest absolute Gasteiger partial charge is 0.231 e. The lowest BCUT2D eigenvalue weighted by Gasteiger charge is -2.08. The zero-order valence-electron chi connectivity index (χ0n) is 9.48. The minimum Gasteiger partial charge on any atom is -0.339 e. The van der Waals surface area contributed by atoms with E-state index in [4.69, 9.17) is 4.52 Å². The number of nitrogens with zero attached hydrogens (tertiary/aromatic N) is 2. The van der Waals surface area contributed by atoms with Crippen molar-refractivity contribution in [3.8, 4) is 0 Å². The summed E-state index contributed by atoms with van der Waals surface area (Å²) in [4.78, 5) is 4.59. The zero-order valence-corrected chi connectivity index (χ0v) is 10.3. The van der Waals surface area contributed by atoms with E-state index >= 15 is 0 Å². The van der Waals surface area contributed by atoms with Crippen molar-refractivity contribution in [2.24, 2.45) is 0 Å². The Balaban J connectivity index is 1.76. The first-order chi connectivity index (χ1) is 7.84. The van der Waals surface area contributed by atoms with Crippen molar-refractivity contribution in [2.45, 2.75) is 43.4 Å². The standard InChI is InChI=1S/C11H17N3OS/c1-7-8(4-5-12-7)11-13-10(14-15-11)9-3-2-6-16-9/h7-9,12H,2-6H2,1H3.